The van der Waals surface area contributed by atoms with Gasteiger partial charge in [-0.2, -0.15) is 0 Å². The van der Waals surface area contributed by atoms with Crippen molar-refractivity contribution in [1.29, 1.82) is 0 Å². The van der Waals surface area contributed by atoms with Gasteiger partial charge in [0.15, 0.2) is 11.0 Å². The molecule has 0 aliphatic carbocycles. The third-order valence-electron chi connectivity index (χ3n) is 3.97. The number of aromatic nitrogens is 3. The Balaban J connectivity index is 1.79. The van der Waals surface area contributed by atoms with Crippen molar-refractivity contribution >= 4 is 35.0 Å². The van der Waals surface area contributed by atoms with Crippen LogP contribution < -0.4 is 5.32 Å². The SMILES string of the molecule is C=CCn1c(SC(C)C(=O)Nc2ccc(Cl)cc2F)nnc1-c1ccoc1C. The fourth-order valence-corrected chi connectivity index (χ4v) is 3.54. The summed E-state index contributed by atoms with van der Waals surface area (Å²) in [5.41, 5.74) is 0.894. The topological polar surface area (TPSA) is 73.0 Å². The minimum absolute atomic E-state index is 0.0733. The Kier molecular flexibility index (Phi) is 6.21. The van der Waals surface area contributed by atoms with Crippen molar-refractivity contribution in [3.05, 3.63) is 59.8 Å². The lowest BCUT2D eigenvalue weighted by Gasteiger charge is -2.13. The molecule has 0 aliphatic heterocycles. The number of allylic oxidation sites excluding steroid dienone is 1. The van der Waals surface area contributed by atoms with Gasteiger partial charge in [0.2, 0.25) is 5.91 Å². The number of halogens is 2. The van der Waals surface area contributed by atoms with E-state index in [0.717, 1.165) is 17.4 Å². The Hall–Kier alpha value is -2.58. The Morgan fingerprint density at radius 1 is 1.46 bits per heavy atom. The van der Waals surface area contributed by atoms with Crippen molar-refractivity contribution in [3.8, 4) is 11.4 Å². The van der Waals surface area contributed by atoms with Crippen molar-refractivity contribution in [2.75, 3.05) is 5.32 Å². The second-order valence-corrected chi connectivity index (χ2v) is 7.71. The summed E-state index contributed by atoms with van der Waals surface area (Å²) in [7, 11) is 0. The number of benzene rings is 1. The largest absolute Gasteiger partial charge is 0.469 e. The van der Waals surface area contributed by atoms with Gasteiger partial charge in [0, 0.05) is 11.6 Å². The molecule has 2 heterocycles. The molecule has 3 rings (SSSR count). The van der Waals surface area contributed by atoms with Gasteiger partial charge in [0.25, 0.3) is 0 Å². The molecular formula is C19H18ClFN4O2S. The van der Waals surface area contributed by atoms with Crippen LogP contribution in [0.15, 0.2) is 52.8 Å². The van der Waals surface area contributed by atoms with Gasteiger partial charge in [0.1, 0.15) is 11.6 Å². The van der Waals surface area contributed by atoms with E-state index in [-0.39, 0.29) is 16.6 Å². The number of thioether (sulfide) groups is 1. The third kappa shape index (κ3) is 4.28. The summed E-state index contributed by atoms with van der Waals surface area (Å²) in [6.45, 7) is 7.79. The van der Waals surface area contributed by atoms with Crippen molar-refractivity contribution in [2.24, 2.45) is 0 Å². The monoisotopic (exact) mass is 420 g/mol. The first-order chi connectivity index (χ1) is 13.4. The molecule has 146 valence electrons. The van der Waals surface area contributed by atoms with Crippen LogP contribution in [0.4, 0.5) is 10.1 Å². The molecule has 0 aliphatic rings. The lowest BCUT2D eigenvalue weighted by Crippen LogP contribution is -2.23. The highest BCUT2D eigenvalue weighted by Crippen LogP contribution is 2.29. The van der Waals surface area contributed by atoms with E-state index < -0.39 is 11.1 Å². The Morgan fingerprint density at radius 2 is 2.25 bits per heavy atom. The molecule has 1 N–H and O–H groups in total. The lowest BCUT2D eigenvalue weighted by molar-refractivity contribution is -0.115. The predicted octanol–water partition coefficient (Wildman–Crippen LogP) is 4.94. The van der Waals surface area contributed by atoms with Crippen LogP contribution in [0.1, 0.15) is 12.7 Å². The van der Waals surface area contributed by atoms with Crippen LogP contribution in [-0.2, 0) is 11.3 Å². The van der Waals surface area contributed by atoms with Gasteiger partial charge in [-0.15, -0.1) is 16.8 Å². The number of carbonyl (C=O) groups is 1. The zero-order valence-corrected chi connectivity index (χ0v) is 16.9. The number of anilines is 1. The van der Waals surface area contributed by atoms with Crippen LogP contribution in [0.5, 0.6) is 0 Å². The van der Waals surface area contributed by atoms with Gasteiger partial charge < -0.3 is 9.73 Å². The fourth-order valence-electron chi connectivity index (χ4n) is 2.52. The molecule has 1 amide bonds. The number of hydrogen-bond donors (Lipinski definition) is 1. The van der Waals surface area contributed by atoms with Crippen LogP contribution in [0, 0.1) is 12.7 Å². The molecule has 0 radical (unpaired) electrons. The van der Waals surface area contributed by atoms with Crippen LogP contribution >= 0.6 is 23.4 Å². The number of furan rings is 1. The van der Waals surface area contributed by atoms with E-state index in [2.05, 4.69) is 22.1 Å². The quantitative estimate of drug-likeness (QED) is 0.432. The van der Waals surface area contributed by atoms with Crippen LogP contribution in [-0.4, -0.2) is 25.9 Å². The highest BCUT2D eigenvalue weighted by molar-refractivity contribution is 8.00. The number of carbonyl (C=O) groups excluding carboxylic acids is 1. The van der Waals surface area contributed by atoms with Crippen molar-refractivity contribution in [2.45, 2.75) is 30.8 Å². The number of hydrogen-bond acceptors (Lipinski definition) is 5. The maximum atomic E-state index is 13.9. The van der Waals surface area contributed by atoms with Crippen molar-refractivity contribution < 1.29 is 13.6 Å². The molecular weight excluding hydrogens is 403 g/mol. The molecule has 0 saturated carbocycles. The van der Waals surface area contributed by atoms with Crippen LogP contribution in [0.25, 0.3) is 11.4 Å². The molecule has 1 aromatic carbocycles. The van der Waals surface area contributed by atoms with Gasteiger partial charge in [-0.25, -0.2) is 4.39 Å². The average molecular weight is 421 g/mol. The van der Waals surface area contributed by atoms with Crippen molar-refractivity contribution in [1.82, 2.24) is 14.8 Å². The number of rotatable bonds is 7. The summed E-state index contributed by atoms with van der Waals surface area (Å²) >= 11 is 6.96. The maximum absolute atomic E-state index is 13.9. The molecule has 0 bridgehead atoms. The molecule has 0 saturated heterocycles. The standard InChI is InChI=1S/C19H18ClFN4O2S/c1-4-8-25-17(14-7-9-27-11(14)2)23-24-19(25)28-12(3)18(26)22-16-6-5-13(20)10-15(16)21/h4-7,9-10,12H,1,8H2,2-3H3,(H,22,26). The van der Waals surface area contributed by atoms with Crippen LogP contribution in [0.2, 0.25) is 5.02 Å². The second kappa shape index (κ2) is 8.62. The van der Waals surface area contributed by atoms with Gasteiger partial charge in [0.05, 0.1) is 22.8 Å². The zero-order valence-electron chi connectivity index (χ0n) is 15.3. The summed E-state index contributed by atoms with van der Waals surface area (Å²) in [5, 5.41) is 11.3. The van der Waals surface area contributed by atoms with Crippen LogP contribution in [0.3, 0.4) is 0 Å². The number of aryl methyl sites for hydroxylation is 1. The number of nitrogens with zero attached hydrogens (tertiary/aromatic N) is 3. The van der Waals surface area contributed by atoms with Gasteiger partial charge in [-0.05, 0) is 38.1 Å². The smallest absolute Gasteiger partial charge is 0.237 e. The molecule has 0 spiro atoms. The minimum atomic E-state index is -0.592. The van der Waals surface area contributed by atoms with E-state index in [1.54, 1.807) is 19.3 Å². The highest BCUT2D eigenvalue weighted by atomic mass is 35.5. The second-order valence-electron chi connectivity index (χ2n) is 5.97. The molecule has 0 fully saturated rings. The highest BCUT2D eigenvalue weighted by Gasteiger charge is 2.22. The summed E-state index contributed by atoms with van der Waals surface area (Å²) in [4.78, 5) is 12.5. The van der Waals surface area contributed by atoms with Gasteiger partial charge in [-0.3, -0.25) is 9.36 Å². The normalized spacial score (nSPS) is 12.0. The molecule has 3 aromatic rings. The number of amides is 1. The molecule has 6 nitrogen and oxygen atoms in total. The van der Waals surface area contributed by atoms with E-state index in [4.69, 9.17) is 16.0 Å². The van der Waals surface area contributed by atoms with E-state index in [9.17, 15) is 9.18 Å². The summed E-state index contributed by atoms with van der Waals surface area (Å²) < 4.78 is 21.1. The van der Waals surface area contributed by atoms with E-state index >= 15 is 0 Å². The molecule has 9 heteroatoms. The summed E-state index contributed by atoms with van der Waals surface area (Å²) in [5.74, 6) is 0.397. The predicted molar refractivity (Wildman–Crippen MR) is 108 cm³/mol. The molecule has 1 unspecified atom stereocenters. The molecule has 28 heavy (non-hydrogen) atoms. The van der Waals surface area contributed by atoms with E-state index in [1.165, 1.54) is 23.9 Å². The van der Waals surface area contributed by atoms with Gasteiger partial charge >= 0.3 is 0 Å². The first-order valence-electron chi connectivity index (χ1n) is 8.41. The average Bonchev–Trinajstić information content (AvgIpc) is 3.24. The van der Waals surface area contributed by atoms with E-state index in [0.29, 0.717) is 17.5 Å². The Labute approximate surface area is 170 Å². The Morgan fingerprint density at radius 3 is 2.89 bits per heavy atom. The minimum Gasteiger partial charge on any atom is -0.469 e. The molecule has 2 aromatic heterocycles. The molecule has 1 atom stereocenters. The fraction of sp³-hybridized carbons (Fsp3) is 0.211. The zero-order chi connectivity index (χ0) is 20.3. The lowest BCUT2D eigenvalue weighted by atomic mass is 10.2. The third-order valence-corrected chi connectivity index (χ3v) is 5.28. The van der Waals surface area contributed by atoms with E-state index in [1.807, 2.05) is 17.6 Å². The van der Waals surface area contributed by atoms with Gasteiger partial charge in [-0.1, -0.05) is 29.4 Å². The first-order valence-corrected chi connectivity index (χ1v) is 9.67. The first kappa shape index (κ1) is 20.2. The van der Waals surface area contributed by atoms with Crippen molar-refractivity contribution in [3.63, 3.8) is 0 Å². The maximum Gasteiger partial charge on any atom is 0.237 e. The summed E-state index contributed by atoms with van der Waals surface area (Å²) in [6, 6.07) is 5.90. The summed E-state index contributed by atoms with van der Waals surface area (Å²) in [6.07, 6.45) is 3.31. The number of nitrogens with one attached hydrogen (secondary N) is 1. The Bertz CT molecular complexity index is 1020.